The second-order valence-corrected chi connectivity index (χ2v) is 5.15. The number of anilines is 1. The van der Waals surface area contributed by atoms with Gasteiger partial charge in [0.15, 0.2) is 0 Å². The summed E-state index contributed by atoms with van der Waals surface area (Å²) in [4.78, 5) is 13.9. The van der Waals surface area contributed by atoms with Crippen molar-refractivity contribution < 1.29 is 9.53 Å². The first-order chi connectivity index (χ1) is 9.15. The first-order valence-corrected chi connectivity index (χ1v) is 6.76. The van der Waals surface area contributed by atoms with Crippen LogP contribution in [0.5, 0.6) is 0 Å². The number of nitrogens with zero attached hydrogens (tertiary/aromatic N) is 1. The Morgan fingerprint density at radius 3 is 3.00 bits per heavy atom. The van der Waals surface area contributed by atoms with E-state index in [1.54, 1.807) is 0 Å². The standard InChI is InChI=1S/C15H22N2O2/c1-17-7-3-4-12-8-11(5-6-14(12)17)9-13(10-16)15(18)19-2/h5-6,8,13H,3-4,7,9-10,16H2,1-2H3. The molecule has 19 heavy (non-hydrogen) atoms. The number of carbonyl (C=O) groups is 1. The van der Waals surface area contributed by atoms with Crippen LogP contribution in [0.15, 0.2) is 18.2 Å². The number of ether oxygens (including phenoxy) is 1. The highest BCUT2D eigenvalue weighted by Gasteiger charge is 2.19. The van der Waals surface area contributed by atoms with Crippen LogP contribution in [0.3, 0.4) is 0 Å². The largest absolute Gasteiger partial charge is 0.469 e. The summed E-state index contributed by atoms with van der Waals surface area (Å²) in [5.74, 6) is -0.471. The number of esters is 1. The Bertz CT molecular complexity index is 459. The molecule has 4 nitrogen and oxygen atoms in total. The van der Waals surface area contributed by atoms with Gasteiger partial charge in [0.25, 0.3) is 0 Å². The van der Waals surface area contributed by atoms with E-state index in [9.17, 15) is 4.79 Å². The molecule has 4 heteroatoms. The van der Waals surface area contributed by atoms with Gasteiger partial charge in [0.05, 0.1) is 13.0 Å². The number of rotatable bonds is 4. The van der Waals surface area contributed by atoms with E-state index in [-0.39, 0.29) is 11.9 Å². The minimum absolute atomic E-state index is 0.225. The normalized spacial score (nSPS) is 15.8. The molecule has 1 aliphatic rings. The SMILES string of the molecule is COC(=O)C(CN)Cc1ccc2c(c1)CCCN2C. The molecule has 0 aliphatic carbocycles. The zero-order valence-corrected chi connectivity index (χ0v) is 11.7. The van der Waals surface area contributed by atoms with Crippen LogP contribution in [0.1, 0.15) is 17.5 Å². The lowest BCUT2D eigenvalue weighted by Gasteiger charge is -2.28. The molecule has 2 N–H and O–H groups in total. The molecule has 0 spiro atoms. The lowest BCUT2D eigenvalue weighted by Crippen LogP contribution is -2.27. The summed E-state index contributed by atoms with van der Waals surface area (Å²) in [6.45, 7) is 1.43. The van der Waals surface area contributed by atoms with Crippen molar-refractivity contribution in [3.05, 3.63) is 29.3 Å². The van der Waals surface area contributed by atoms with Crippen molar-refractivity contribution in [1.29, 1.82) is 0 Å². The van der Waals surface area contributed by atoms with Crippen LogP contribution >= 0.6 is 0 Å². The molecular weight excluding hydrogens is 240 g/mol. The maximum Gasteiger partial charge on any atom is 0.310 e. The Morgan fingerprint density at radius 2 is 2.32 bits per heavy atom. The van der Waals surface area contributed by atoms with Gasteiger partial charge in [-0.25, -0.2) is 0 Å². The maximum absolute atomic E-state index is 11.6. The summed E-state index contributed by atoms with van der Waals surface area (Å²) < 4.78 is 4.78. The fourth-order valence-corrected chi connectivity index (χ4v) is 2.68. The smallest absolute Gasteiger partial charge is 0.310 e. The zero-order valence-electron chi connectivity index (χ0n) is 11.7. The van der Waals surface area contributed by atoms with E-state index in [2.05, 4.69) is 30.1 Å². The monoisotopic (exact) mass is 262 g/mol. The first-order valence-electron chi connectivity index (χ1n) is 6.76. The van der Waals surface area contributed by atoms with Crippen LogP contribution < -0.4 is 10.6 Å². The molecular formula is C15H22N2O2. The fraction of sp³-hybridized carbons (Fsp3) is 0.533. The Labute approximate surface area is 114 Å². The van der Waals surface area contributed by atoms with Crippen LogP contribution in [0.2, 0.25) is 0 Å². The van der Waals surface area contributed by atoms with Crippen molar-refractivity contribution >= 4 is 11.7 Å². The maximum atomic E-state index is 11.6. The highest BCUT2D eigenvalue weighted by atomic mass is 16.5. The van der Waals surface area contributed by atoms with Gasteiger partial charge < -0.3 is 15.4 Å². The molecule has 0 aromatic heterocycles. The summed E-state index contributed by atoms with van der Waals surface area (Å²) in [6, 6.07) is 6.44. The number of nitrogens with two attached hydrogens (primary N) is 1. The summed E-state index contributed by atoms with van der Waals surface area (Å²) in [6.07, 6.45) is 2.95. The van der Waals surface area contributed by atoms with Gasteiger partial charge >= 0.3 is 5.97 Å². The third-order valence-electron chi connectivity index (χ3n) is 3.80. The molecule has 0 saturated heterocycles. The van der Waals surface area contributed by atoms with E-state index in [0.29, 0.717) is 13.0 Å². The predicted molar refractivity (Wildman–Crippen MR) is 76.3 cm³/mol. The van der Waals surface area contributed by atoms with Crippen LogP contribution in [0, 0.1) is 5.92 Å². The van der Waals surface area contributed by atoms with Gasteiger partial charge in [0.1, 0.15) is 0 Å². The van der Waals surface area contributed by atoms with Gasteiger partial charge in [-0.1, -0.05) is 12.1 Å². The predicted octanol–water partition coefficient (Wildman–Crippen LogP) is 1.36. The number of benzene rings is 1. The lowest BCUT2D eigenvalue weighted by atomic mass is 9.94. The van der Waals surface area contributed by atoms with E-state index >= 15 is 0 Å². The van der Waals surface area contributed by atoms with E-state index in [0.717, 1.165) is 18.5 Å². The van der Waals surface area contributed by atoms with Crippen molar-refractivity contribution in [2.45, 2.75) is 19.3 Å². The van der Waals surface area contributed by atoms with Crippen LogP contribution in [-0.4, -0.2) is 33.2 Å². The number of hydrogen-bond acceptors (Lipinski definition) is 4. The van der Waals surface area contributed by atoms with Gasteiger partial charge in [-0.05, 0) is 36.5 Å². The molecule has 1 aliphatic heterocycles. The molecule has 0 radical (unpaired) electrons. The minimum Gasteiger partial charge on any atom is -0.469 e. The van der Waals surface area contributed by atoms with Crippen molar-refractivity contribution in [2.24, 2.45) is 11.7 Å². The molecule has 0 bridgehead atoms. The van der Waals surface area contributed by atoms with E-state index in [4.69, 9.17) is 10.5 Å². The zero-order chi connectivity index (χ0) is 13.8. The van der Waals surface area contributed by atoms with Crippen molar-refractivity contribution in [2.75, 3.05) is 32.1 Å². The molecule has 1 aromatic carbocycles. The fourth-order valence-electron chi connectivity index (χ4n) is 2.68. The first kappa shape index (κ1) is 13.9. The molecule has 1 aromatic rings. The molecule has 0 saturated carbocycles. The number of hydrogen-bond donors (Lipinski definition) is 1. The molecule has 0 amide bonds. The Morgan fingerprint density at radius 1 is 1.53 bits per heavy atom. The molecule has 2 rings (SSSR count). The van der Waals surface area contributed by atoms with E-state index < -0.39 is 0 Å². The van der Waals surface area contributed by atoms with E-state index in [1.165, 1.54) is 24.8 Å². The topological polar surface area (TPSA) is 55.6 Å². The Hall–Kier alpha value is -1.55. The average Bonchev–Trinajstić information content (AvgIpc) is 2.44. The molecule has 1 heterocycles. The van der Waals surface area contributed by atoms with Crippen molar-refractivity contribution in [3.8, 4) is 0 Å². The Balaban J connectivity index is 2.15. The van der Waals surface area contributed by atoms with Gasteiger partial charge in [-0.3, -0.25) is 4.79 Å². The molecule has 0 fully saturated rings. The second-order valence-electron chi connectivity index (χ2n) is 5.15. The highest BCUT2D eigenvalue weighted by Crippen LogP contribution is 2.27. The van der Waals surface area contributed by atoms with Gasteiger partial charge in [0, 0.05) is 25.8 Å². The number of fused-ring (bicyclic) bond motifs is 1. The molecule has 104 valence electrons. The average molecular weight is 262 g/mol. The number of methoxy groups -OCH3 is 1. The summed E-state index contributed by atoms with van der Waals surface area (Å²) in [5, 5.41) is 0. The highest BCUT2D eigenvalue weighted by molar-refractivity contribution is 5.73. The third-order valence-corrected chi connectivity index (χ3v) is 3.80. The van der Waals surface area contributed by atoms with Crippen molar-refractivity contribution in [1.82, 2.24) is 0 Å². The van der Waals surface area contributed by atoms with E-state index in [1.807, 2.05) is 0 Å². The van der Waals surface area contributed by atoms with Crippen molar-refractivity contribution in [3.63, 3.8) is 0 Å². The van der Waals surface area contributed by atoms with Crippen LogP contribution in [0.25, 0.3) is 0 Å². The summed E-state index contributed by atoms with van der Waals surface area (Å²) in [5.41, 5.74) is 9.48. The second kappa shape index (κ2) is 6.06. The van der Waals surface area contributed by atoms with Gasteiger partial charge in [-0.15, -0.1) is 0 Å². The molecule has 1 unspecified atom stereocenters. The quantitative estimate of drug-likeness (QED) is 0.832. The van der Waals surface area contributed by atoms with Crippen LogP contribution in [-0.2, 0) is 22.4 Å². The lowest BCUT2D eigenvalue weighted by molar-refractivity contribution is -0.145. The summed E-state index contributed by atoms with van der Waals surface area (Å²) in [7, 11) is 3.53. The van der Waals surface area contributed by atoms with Gasteiger partial charge in [-0.2, -0.15) is 0 Å². The molecule has 1 atom stereocenters. The Kier molecular flexibility index (Phi) is 4.43. The minimum atomic E-state index is -0.246. The summed E-state index contributed by atoms with van der Waals surface area (Å²) >= 11 is 0. The van der Waals surface area contributed by atoms with Crippen LogP contribution in [0.4, 0.5) is 5.69 Å². The number of aryl methyl sites for hydroxylation is 1. The third kappa shape index (κ3) is 3.07. The van der Waals surface area contributed by atoms with Gasteiger partial charge in [0.2, 0.25) is 0 Å². The number of carbonyl (C=O) groups excluding carboxylic acids is 1.